The van der Waals surface area contributed by atoms with Crippen LogP contribution in [-0.4, -0.2) is 24.4 Å². The molecule has 0 aliphatic carbocycles. The summed E-state index contributed by atoms with van der Waals surface area (Å²) in [4.78, 5) is 23.2. The molecule has 120 valence electrons. The molecule has 1 aliphatic heterocycles. The van der Waals surface area contributed by atoms with Gasteiger partial charge < -0.3 is 10.6 Å². The van der Waals surface area contributed by atoms with E-state index in [0.29, 0.717) is 25.3 Å². The summed E-state index contributed by atoms with van der Waals surface area (Å²) in [5, 5.41) is 5.80. The van der Waals surface area contributed by atoms with E-state index in [9.17, 15) is 9.59 Å². The predicted octanol–water partition coefficient (Wildman–Crippen LogP) is 2.70. The third-order valence-corrected chi connectivity index (χ3v) is 4.29. The van der Waals surface area contributed by atoms with Gasteiger partial charge in [-0.1, -0.05) is 45.0 Å². The minimum Gasteiger partial charge on any atom is -0.354 e. The van der Waals surface area contributed by atoms with Gasteiger partial charge in [0.05, 0.1) is 0 Å². The van der Waals surface area contributed by atoms with Gasteiger partial charge in [-0.15, -0.1) is 0 Å². The third-order valence-electron chi connectivity index (χ3n) is 4.29. The molecule has 0 unspecified atom stereocenters. The first-order valence-electron chi connectivity index (χ1n) is 8.11. The Morgan fingerprint density at radius 3 is 2.41 bits per heavy atom. The van der Waals surface area contributed by atoms with Gasteiger partial charge in [0.2, 0.25) is 11.8 Å². The first-order chi connectivity index (χ1) is 10.5. The Kier molecular flexibility index (Phi) is 5.58. The van der Waals surface area contributed by atoms with Crippen molar-refractivity contribution in [3.8, 4) is 0 Å². The largest absolute Gasteiger partial charge is 0.354 e. The summed E-state index contributed by atoms with van der Waals surface area (Å²) in [5.41, 5.74) is 2.51. The smallest absolute Gasteiger partial charge is 0.220 e. The molecule has 0 bridgehead atoms. The van der Waals surface area contributed by atoms with Crippen molar-refractivity contribution in [2.45, 2.75) is 57.9 Å². The second-order valence-corrected chi connectivity index (χ2v) is 6.53. The van der Waals surface area contributed by atoms with Crippen LogP contribution in [0, 0.1) is 0 Å². The maximum atomic E-state index is 12.1. The van der Waals surface area contributed by atoms with Crippen molar-refractivity contribution in [1.29, 1.82) is 0 Å². The lowest BCUT2D eigenvalue weighted by Gasteiger charge is -2.24. The highest BCUT2D eigenvalue weighted by atomic mass is 16.2. The second-order valence-electron chi connectivity index (χ2n) is 6.53. The maximum absolute atomic E-state index is 12.1. The average molecular weight is 302 g/mol. The highest BCUT2D eigenvalue weighted by Crippen LogP contribution is 2.22. The van der Waals surface area contributed by atoms with Gasteiger partial charge in [-0.25, -0.2) is 0 Å². The topological polar surface area (TPSA) is 58.2 Å². The number of piperidine rings is 1. The Balaban J connectivity index is 1.84. The van der Waals surface area contributed by atoms with Crippen LogP contribution in [0.15, 0.2) is 24.3 Å². The molecule has 0 spiro atoms. The molecule has 1 aromatic rings. The van der Waals surface area contributed by atoms with Crippen LogP contribution in [0.4, 0.5) is 0 Å². The first kappa shape index (κ1) is 16.5. The fourth-order valence-corrected chi connectivity index (χ4v) is 2.75. The number of hydrogen-bond acceptors (Lipinski definition) is 2. The normalized spacial score (nSPS) is 19.6. The number of amides is 2. The molecule has 2 amide bonds. The van der Waals surface area contributed by atoms with Crippen LogP contribution in [0.1, 0.15) is 63.0 Å². The van der Waals surface area contributed by atoms with Gasteiger partial charge in [-0.3, -0.25) is 9.59 Å². The fraction of sp³-hybridized carbons (Fsp3) is 0.556. The molecule has 2 rings (SSSR count). The van der Waals surface area contributed by atoms with Crippen LogP contribution in [0.3, 0.4) is 0 Å². The Labute approximate surface area is 132 Å². The van der Waals surface area contributed by atoms with Crippen molar-refractivity contribution in [1.82, 2.24) is 10.6 Å². The lowest BCUT2D eigenvalue weighted by Crippen LogP contribution is -2.47. The van der Waals surface area contributed by atoms with Gasteiger partial charge in [0, 0.05) is 25.4 Å². The second kappa shape index (κ2) is 7.43. The van der Waals surface area contributed by atoms with E-state index in [1.54, 1.807) is 0 Å². The summed E-state index contributed by atoms with van der Waals surface area (Å²) in [7, 11) is 0. The van der Waals surface area contributed by atoms with E-state index in [1.807, 2.05) is 0 Å². The molecule has 2 atom stereocenters. The zero-order valence-corrected chi connectivity index (χ0v) is 13.7. The van der Waals surface area contributed by atoms with E-state index in [2.05, 4.69) is 55.7 Å². The van der Waals surface area contributed by atoms with E-state index >= 15 is 0 Å². The molecule has 0 saturated carbocycles. The fourth-order valence-electron chi connectivity index (χ4n) is 2.75. The van der Waals surface area contributed by atoms with Crippen LogP contribution in [0.25, 0.3) is 0 Å². The quantitative estimate of drug-likeness (QED) is 0.878. The van der Waals surface area contributed by atoms with Crippen LogP contribution < -0.4 is 10.6 Å². The van der Waals surface area contributed by atoms with E-state index in [1.165, 1.54) is 11.1 Å². The summed E-state index contributed by atoms with van der Waals surface area (Å²) in [6.07, 6.45) is 1.71. The van der Waals surface area contributed by atoms with E-state index in [0.717, 1.165) is 6.42 Å². The number of carbonyl (C=O) groups excluding carboxylic acids is 2. The van der Waals surface area contributed by atoms with Crippen molar-refractivity contribution < 1.29 is 9.59 Å². The molecule has 22 heavy (non-hydrogen) atoms. The molecule has 1 fully saturated rings. The average Bonchev–Trinajstić information content (AvgIpc) is 2.49. The minimum absolute atomic E-state index is 0.0570. The Morgan fingerprint density at radius 1 is 1.23 bits per heavy atom. The zero-order chi connectivity index (χ0) is 16.1. The highest BCUT2D eigenvalue weighted by molar-refractivity contribution is 5.79. The third kappa shape index (κ3) is 4.58. The minimum atomic E-state index is 0.0570. The lowest BCUT2D eigenvalue weighted by atomic mass is 9.94. The molecule has 1 aliphatic rings. The van der Waals surface area contributed by atoms with Gasteiger partial charge in [-0.05, 0) is 29.4 Å². The monoisotopic (exact) mass is 302 g/mol. The number of benzene rings is 1. The Bertz CT molecular complexity index is 512. The summed E-state index contributed by atoms with van der Waals surface area (Å²) in [5.74, 6) is 0.847. The molecule has 1 aromatic carbocycles. The SMILES string of the molecule is CC(C)c1ccc([C@H](C)CC(=O)N[C@@H]2CCC(=O)NC2)cc1. The summed E-state index contributed by atoms with van der Waals surface area (Å²) >= 11 is 0. The van der Waals surface area contributed by atoms with Crippen LogP contribution >= 0.6 is 0 Å². The molecular formula is C18H26N2O2. The van der Waals surface area contributed by atoms with Crippen molar-refractivity contribution in [3.63, 3.8) is 0 Å². The van der Waals surface area contributed by atoms with Crippen LogP contribution in [0.2, 0.25) is 0 Å². The van der Waals surface area contributed by atoms with Crippen molar-refractivity contribution in [2.24, 2.45) is 0 Å². The van der Waals surface area contributed by atoms with Crippen LogP contribution in [-0.2, 0) is 9.59 Å². The summed E-state index contributed by atoms with van der Waals surface area (Å²) in [6.45, 7) is 6.97. The predicted molar refractivity (Wildman–Crippen MR) is 87.7 cm³/mol. The van der Waals surface area contributed by atoms with E-state index < -0.39 is 0 Å². The number of carbonyl (C=O) groups is 2. The standard InChI is InChI=1S/C18H26N2O2/c1-12(2)14-4-6-15(7-5-14)13(3)10-18(22)20-16-8-9-17(21)19-11-16/h4-7,12-13,16H,8-11H2,1-3H3,(H,19,21)(H,20,22)/t13-,16-/m1/s1. The van der Waals surface area contributed by atoms with Crippen LogP contribution in [0.5, 0.6) is 0 Å². The van der Waals surface area contributed by atoms with E-state index in [-0.39, 0.29) is 23.8 Å². The maximum Gasteiger partial charge on any atom is 0.220 e. The molecule has 4 nitrogen and oxygen atoms in total. The highest BCUT2D eigenvalue weighted by Gasteiger charge is 2.20. The molecule has 2 N–H and O–H groups in total. The molecular weight excluding hydrogens is 276 g/mol. The van der Waals surface area contributed by atoms with Gasteiger partial charge >= 0.3 is 0 Å². The summed E-state index contributed by atoms with van der Waals surface area (Å²) in [6, 6.07) is 8.60. The van der Waals surface area contributed by atoms with Crippen molar-refractivity contribution in [3.05, 3.63) is 35.4 Å². The van der Waals surface area contributed by atoms with Gasteiger partial charge in [0.25, 0.3) is 0 Å². The zero-order valence-electron chi connectivity index (χ0n) is 13.7. The molecule has 0 aromatic heterocycles. The number of hydrogen-bond donors (Lipinski definition) is 2. The molecule has 1 saturated heterocycles. The summed E-state index contributed by atoms with van der Waals surface area (Å²) < 4.78 is 0. The van der Waals surface area contributed by atoms with Gasteiger partial charge in [0.1, 0.15) is 0 Å². The van der Waals surface area contributed by atoms with E-state index in [4.69, 9.17) is 0 Å². The van der Waals surface area contributed by atoms with Crippen molar-refractivity contribution >= 4 is 11.8 Å². The molecule has 4 heteroatoms. The Morgan fingerprint density at radius 2 is 1.86 bits per heavy atom. The van der Waals surface area contributed by atoms with Crippen molar-refractivity contribution in [2.75, 3.05) is 6.54 Å². The lowest BCUT2D eigenvalue weighted by molar-refractivity contribution is -0.125. The van der Waals surface area contributed by atoms with Gasteiger partial charge in [0.15, 0.2) is 0 Å². The number of nitrogens with one attached hydrogen (secondary N) is 2. The molecule has 1 heterocycles. The number of rotatable bonds is 5. The molecule has 0 radical (unpaired) electrons. The van der Waals surface area contributed by atoms with Gasteiger partial charge in [-0.2, -0.15) is 0 Å². The first-order valence-corrected chi connectivity index (χ1v) is 8.11. The Hall–Kier alpha value is -1.84.